The van der Waals surface area contributed by atoms with Gasteiger partial charge >= 0.3 is 0 Å². The molecule has 0 spiro atoms. The van der Waals surface area contributed by atoms with Gasteiger partial charge in [0.1, 0.15) is 18.5 Å². The number of hydrogen-bond donors (Lipinski definition) is 0. The van der Waals surface area contributed by atoms with Crippen molar-refractivity contribution in [2.75, 3.05) is 31.6 Å². The molecule has 30 heavy (non-hydrogen) atoms. The zero-order valence-electron chi connectivity index (χ0n) is 17.8. The van der Waals surface area contributed by atoms with Crippen molar-refractivity contribution in [2.45, 2.75) is 45.0 Å². The van der Waals surface area contributed by atoms with Crippen molar-refractivity contribution in [1.82, 2.24) is 9.80 Å². The molecule has 2 aromatic rings. The van der Waals surface area contributed by atoms with Crippen LogP contribution in [0.4, 0.5) is 5.69 Å². The predicted octanol–water partition coefficient (Wildman–Crippen LogP) is 4.40. The molecular formula is C24H30ClN3O2. The van der Waals surface area contributed by atoms with Crippen LogP contribution in [0, 0.1) is 0 Å². The second-order valence-electron chi connectivity index (χ2n) is 8.23. The molecular weight excluding hydrogens is 398 g/mol. The molecule has 2 fully saturated rings. The number of anilines is 1. The lowest BCUT2D eigenvalue weighted by molar-refractivity contribution is -0.135. The minimum atomic E-state index is 0.0851. The fourth-order valence-electron chi connectivity index (χ4n) is 4.12. The van der Waals surface area contributed by atoms with Crippen molar-refractivity contribution in [3.05, 3.63) is 59.1 Å². The van der Waals surface area contributed by atoms with Gasteiger partial charge in [0.15, 0.2) is 0 Å². The summed E-state index contributed by atoms with van der Waals surface area (Å²) in [6.45, 7) is 5.02. The number of carbonyl (C=O) groups excluding carboxylic acids is 1. The van der Waals surface area contributed by atoms with Crippen LogP contribution in [0.1, 0.15) is 31.7 Å². The number of halogens is 1. The average Bonchev–Trinajstić information content (AvgIpc) is 3.58. The van der Waals surface area contributed by atoms with Crippen molar-refractivity contribution in [3.8, 4) is 5.75 Å². The first kappa shape index (κ1) is 21.0. The highest BCUT2D eigenvalue weighted by atomic mass is 35.5. The van der Waals surface area contributed by atoms with Gasteiger partial charge in [-0.25, -0.2) is 0 Å². The molecule has 0 aromatic heterocycles. The van der Waals surface area contributed by atoms with Gasteiger partial charge in [-0.1, -0.05) is 30.7 Å². The third-order valence-corrected chi connectivity index (χ3v) is 6.11. The van der Waals surface area contributed by atoms with Gasteiger partial charge in [-0.2, -0.15) is 0 Å². The molecule has 1 aliphatic heterocycles. The van der Waals surface area contributed by atoms with Crippen molar-refractivity contribution in [1.29, 1.82) is 0 Å². The van der Waals surface area contributed by atoms with E-state index >= 15 is 0 Å². The Hall–Kier alpha value is -2.24. The van der Waals surface area contributed by atoms with Crippen LogP contribution in [0.3, 0.4) is 0 Å². The Labute approximate surface area is 184 Å². The first-order valence-corrected chi connectivity index (χ1v) is 11.2. The van der Waals surface area contributed by atoms with E-state index in [4.69, 9.17) is 16.3 Å². The van der Waals surface area contributed by atoms with Gasteiger partial charge in [0.2, 0.25) is 5.91 Å². The van der Waals surface area contributed by atoms with E-state index in [0.717, 1.165) is 41.7 Å². The van der Waals surface area contributed by atoms with E-state index < -0.39 is 0 Å². The molecule has 2 aromatic carbocycles. The molecule has 1 heterocycles. The fourth-order valence-corrected chi connectivity index (χ4v) is 4.33. The number of hydrogen-bond acceptors (Lipinski definition) is 4. The quantitative estimate of drug-likeness (QED) is 0.656. The molecule has 1 aliphatic carbocycles. The molecule has 6 heteroatoms. The van der Waals surface area contributed by atoms with E-state index in [9.17, 15) is 4.79 Å². The van der Waals surface area contributed by atoms with Crippen LogP contribution in [0.2, 0.25) is 5.02 Å². The lowest BCUT2D eigenvalue weighted by Crippen LogP contribution is -2.61. The first-order valence-electron chi connectivity index (χ1n) is 10.8. The van der Waals surface area contributed by atoms with Crippen LogP contribution in [0.25, 0.3) is 0 Å². The maximum absolute atomic E-state index is 12.6. The van der Waals surface area contributed by atoms with Crippen molar-refractivity contribution in [2.24, 2.45) is 0 Å². The predicted molar refractivity (Wildman–Crippen MR) is 121 cm³/mol. The highest BCUT2D eigenvalue weighted by molar-refractivity contribution is 6.30. The Morgan fingerprint density at radius 3 is 2.60 bits per heavy atom. The van der Waals surface area contributed by atoms with Gasteiger partial charge in [-0.3, -0.25) is 4.79 Å². The Bertz CT molecular complexity index is 869. The topological polar surface area (TPSA) is 36.0 Å². The average molecular weight is 428 g/mol. The maximum Gasteiger partial charge on any atom is 0.224 e. The van der Waals surface area contributed by atoms with Crippen LogP contribution < -0.4 is 9.64 Å². The Morgan fingerprint density at radius 2 is 1.93 bits per heavy atom. The molecule has 160 valence electrons. The van der Waals surface area contributed by atoms with Gasteiger partial charge in [0.05, 0.1) is 0 Å². The number of carbonyl (C=O) groups is 1. The SMILES string of the molecule is CCC(=O)N1CCN(C)CC1N(c1ccc(OCc2cccc(Cl)c2)cc1)C1CC1. The number of piperazine rings is 1. The number of likely N-dealkylation sites (N-methyl/N-ethyl adjacent to an activating group) is 1. The summed E-state index contributed by atoms with van der Waals surface area (Å²) in [6.07, 6.45) is 3.00. The summed E-state index contributed by atoms with van der Waals surface area (Å²) in [7, 11) is 2.14. The van der Waals surface area contributed by atoms with Gasteiger partial charge in [-0.15, -0.1) is 0 Å². The standard InChI is InChI=1S/C24H30ClN3O2/c1-3-24(29)27-14-13-26(2)16-23(27)28(20-7-8-20)21-9-11-22(12-10-21)30-17-18-5-4-6-19(25)15-18/h4-6,9-12,15,20,23H,3,7-8,13-14,16-17H2,1-2H3. The van der Waals surface area contributed by atoms with Gasteiger partial charge < -0.3 is 19.4 Å². The molecule has 5 nitrogen and oxygen atoms in total. The molecule has 1 atom stereocenters. The Kier molecular flexibility index (Phi) is 6.49. The molecule has 1 saturated carbocycles. The molecule has 0 bridgehead atoms. The molecule has 4 rings (SSSR count). The minimum Gasteiger partial charge on any atom is -0.489 e. The summed E-state index contributed by atoms with van der Waals surface area (Å²) in [5.41, 5.74) is 2.20. The van der Waals surface area contributed by atoms with Crippen LogP contribution in [0.15, 0.2) is 48.5 Å². The van der Waals surface area contributed by atoms with Crippen LogP contribution in [-0.4, -0.2) is 54.6 Å². The Balaban J connectivity index is 1.49. The van der Waals surface area contributed by atoms with Gasteiger partial charge in [-0.05, 0) is 61.9 Å². The van der Waals surface area contributed by atoms with Gasteiger partial charge in [0.25, 0.3) is 0 Å². The normalized spacial score (nSPS) is 19.6. The maximum atomic E-state index is 12.6. The third kappa shape index (κ3) is 4.90. The van der Waals surface area contributed by atoms with Crippen molar-refractivity contribution in [3.63, 3.8) is 0 Å². The summed E-state index contributed by atoms with van der Waals surface area (Å²) in [5, 5.41) is 0.718. The first-order chi connectivity index (χ1) is 14.5. The van der Waals surface area contributed by atoms with Crippen LogP contribution in [-0.2, 0) is 11.4 Å². The Morgan fingerprint density at radius 1 is 1.17 bits per heavy atom. The molecule has 1 amide bonds. The number of benzene rings is 2. The van der Waals surface area contributed by atoms with Gasteiger partial charge in [0, 0.05) is 42.8 Å². The van der Waals surface area contributed by atoms with Crippen LogP contribution >= 0.6 is 11.6 Å². The molecule has 1 saturated heterocycles. The van der Waals surface area contributed by atoms with E-state index in [0.29, 0.717) is 19.1 Å². The fraction of sp³-hybridized carbons (Fsp3) is 0.458. The monoisotopic (exact) mass is 427 g/mol. The highest BCUT2D eigenvalue weighted by Gasteiger charge is 2.40. The largest absolute Gasteiger partial charge is 0.489 e. The summed E-state index contributed by atoms with van der Waals surface area (Å²) in [5.74, 6) is 1.07. The second kappa shape index (κ2) is 9.27. The second-order valence-corrected chi connectivity index (χ2v) is 8.67. The number of amides is 1. The van der Waals surface area contributed by atoms with Crippen molar-refractivity contribution >= 4 is 23.2 Å². The zero-order chi connectivity index (χ0) is 21.1. The lowest BCUT2D eigenvalue weighted by atomic mass is 10.1. The molecule has 2 aliphatic rings. The number of nitrogens with zero attached hydrogens (tertiary/aromatic N) is 3. The molecule has 0 radical (unpaired) electrons. The molecule has 0 N–H and O–H groups in total. The smallest absolute Gasteiger partial charge is 0.224 e. The van der Waals surface area contributed by atoms with Crippen LogP contribution in [0.5, 0.6) is 5.75 Å². The summed E-state index contributed by atoms with van der Waals surface area (Å²) in [4.78, 5) is 19.5. The van der Waals surface area contributed by atoms with E-state index in [1.807, 2.05) is 43.3 Å². The molecule has 1 unspecified atom stereocenters. The van der Waals surface area contributed by atoms with E-state index in [1.165, 1.54) is 12.8 Å². The lowest BCUT2D eigenvalue weighted by Gasteiger charge is -2.46. The minimum absolute atomic E-state index is 0.0851. The highest BCUT2D eigenvalue weighted by Crippen LogP contribution is 2.36. The number of ether oxygens (including phenoxy) is 1. The zero-order valence-corrected chi connectivity index (χ0v) is 18.5. The van der Waals surface area contributed by atoms with E-state index in [2.05, 4.69) is 33.9 Å². The summed E-state index contributed by atoms with van der Waals surface area (Å²) >= 11 is 6.05. The van der Waals surface area contributed by atoms with Crippen molar-refractivity contribution < 1.29 is 9.53 Å². The summed E-state index contributed by atoms with van der Waals surface area (Å²) in [6, 6.07) is 16.5. The summed E-state index contributed by atoms with van der Waals surface area (Å²) < 4.78 is 5.95. The third-order valence-electron chi connectivity index (χ3n) is 5.87. The number of rotatable bonds is 7. The van der Waals surface area contributed by atoms with E-state index in [-0.39, 0.29) is 12.1 Å². The van der Waals surface area contributed by atoms with E-state index in [1.54, 1.807) is 0 Å².